The second-order valence-corrected chi connectivity index (χ2v) is 6.21. The van der Waals surface area contributed by atoms with Crippen LogP contribution in [0.4, 0.5) is 0 Å². The Bertz CT molecular complexity index is 947. The third kappa shape index (κ3) is 2.88. The highest BCUT2D eigenvalue weighted by atomic mass is 16.1. The van der Waals surface area contributed by atoms with Gasteiger partial charge in [-0.15, -0.1) is 0 Å². The van der Waals surface area contributed by atoms with E-state index in [9.17, 15) is 14.9 Å². The van der Waals surface area contributed by atoms with Crippen molar-refractivity contribution in [1.29, 1.82) is 5.26 Å². The van der Waals surface area contributed by atoms with Crippen LogP contribution < -0.4 is 5.56 Å². The number of hydrogen-bond donors (Lipinski definition) is 0. The van der Waals surface area contributed by atoms with Gasteiger partial charge in [-0.2, -0.15) is 10.4 Å². The molecule has 0 radical (unpaired) electrons. The molecule has 1 aromatic carbocycles. The molecule has 124 valence electrons. The Morgan fingerprint density at radius 3 is 2.33 bits per heavy atom. The van der Waals surface area contributed by atoms with Gasteiger partial charge in [0.05, 0.1) is 12.2 Å². The van der Waals surface area contributed by atoms with Crippen molar-refractivity contribution in [3.63, 3.8) is 0 Å². The van der Waals surface area contributed by atoms with Gasteiger partial charge in [-0.25, -0.2) is 4.68 Å². The van der Waals surface area contributed by atoms with Crippen LogP contribution in [-0.4, -0.2) is 15.6 Å². The van der Waals surface area contributed by atoms with Crippen LogP contribution in [0.25, 0.3) is 0 Å². The summed E-state index contributed by atoms with van der Waals surface area (Å²) in [6.45, 7) is 11.1. The molecule has 2 rings (SSSR count). The molecule has 5 nitrogen and oxygen atoms in total. The first-order valence-corrected chi connectivity index (χ1v) is 7.78. The molecule has 2 aromatic rings. The molecule has 0 atom stereocenters. The average molecular weight is 323 g/mol. The lowest BCUT2D eigenvalue weighted by atomic mass is 9.91. The van der Waals surface area contributed by atoms with Gasteiger partial charge in [0.15, 0.2) is 5.78 Å². The minimum atomic E-state index is -0.399. The fourth-order valence-corrected chi connectivity index (χ4v) is 3.17. The zero-order valence-corrected chi connectivity index (χ0v) is 14.9. The zero-order chi connectivity index (χ0) is 18.2. The minimum Gasteiger partial charge on any atom is -0.294 e. The number of aryl methyl sites for hydroxylation is 3. The van der Waals surface area contributed by atoms with E-state index < -0.39 is 5.56 Å². The first kappa shape index (κ1) is 17.6. The Hall–Kier alpha value is -2.74. The summed E-state index contributed by atoms with van der Waals surface area (Å²) in [6.07, 6.45) is 0. The lowest BCUT2D eigenvalue weighted by Crippen LogP contribution is -2.28. The summed E-state index contributed by atoms with van der Waals surface area (Å²) < 4.78 is 1.31. The first-order valence-electron chi connectivity index (χ1n) is 7.78. The van der Waals surface area contributed by atoms with E-state index in [0.717, 1.165) is 22.3 Å². The SMILES string of the molecule is CC(=O)c1c(C)cc(C)c(Cn2nc(C)c(C)c(C#N)c2=O)c1C. The van der Waals surface area contributed by atoms with Gasteiger partial charge in [0, 0.05) is 5.56 Å². The molecule has 5 heteroatoms. The molecule has 1 aromatic heterocycles. The van der Waals surface area contributed by atoms with Gasteiger partial charge in [0.2, 0.25) is 0 Å². The van der Waals surface area contributed by atoms with Crippen molar-refractivity contribution in [2.75, 3.05) is 0 Å². The van der Waals surface area contributed by atoms with Gasteiger partial charge in [-0.3, -0.25) is 9.59 Å². The quantitative estimate of drug-likeness (QED) is 0.814. The number of ketones is 1. The molecule has 0 fully saturated rings. The third-order valence-corrected chi connectivity index (χ3v) is 4.54. The van der Waals surface area contributed by atoms with Crippen molar-refractivity contribution >= 4 is 5.78 Å². The molecule has 0 saturated heterocycles. The molecule has 0 aliphatic rings. The molecule has 0 amide bonds. The molecule has 0 spiro atoms. The highest BCUT2D eigenvalue weighted by molar-refractivity contribution is 5.97. The van der Waals surface area contributed by atoms with E-state index in [1.165, 1.54) is 4.68 Å². The second kappa shape index (κ2) is 6.40. The predicted molar refractivity (Wildman–Crippen MR) is 92.4 cm³/mol. The van der Waals surface area contributed by atoms with Crippen LogP contribution in [0.5, 0.6) is 0 Å². The summed E-state index contributed by atoms with van der Waals surface area (Å²) in [4.78, 5) is 24.4. The maximum atomic E-state index is 12.5. The smallest absolute Gasteiger partial charge is 0.285 e. The number of Topliss-reactive ketones (excluding diaryl/α,β-unsaturated/α-hetero) is 1. The van der Waals surface area contributed by atoms with Gasteiger partial charge >= 0.3 is 0 Å². The molecule has 0 saturated carbocycles. The average Bonchev–Trinajstić information content (AvgIpc) is 2.48. The molecule has 0 aliphatic heterocycles. The van der Waals surface area contributed by atoms with Crippen molar-refractivity contribution < 1.29 is 4.79 Å². The van der Waals surface area contributed by atoms with E-state index in [0.29, 0.717) is 16.8 Å². The maximum absolute atomic E-state index is 12.5. The second-order valence-electron chi connectivity index (χ2n) is 6.21. The number of carbonyl (C=O) groups excluding carboxylic acids is 1. The van der Waals surface area contributed by atoms with Crippen LogP contribution in [0, 0.1) is 45.9 Å². The predicted octanol–water partition coefficient (Wildman–Crippen LogP) is 2.91. The molecule has 1 heterocycles. The Morgan fingerprint density at radius 2 is 1.79 bits per heavy atom. The van der Waals surface area contributed by atoms with Gasteiger partial charge in [0.1, 0.15) is 11.6 Å². The number of rotatable bonds is 3. The van der Waals surface area contributed by atoms with Crippen LogP contribution in [0.3, 0.4) is 0 Å². The number of carbonyl (C=O) groups is 1. The van der Waals surface area contributed by atoms with Crippen molar-refractivity contribution in [1.82, 2.24) is 9.78 Å². The van der Waals surface area contributed by atoms with E-state index in [-0.39, 0.29) is 17.9 Å². The molecule has 0 unspecified atom stereocenters. The van der Waals surface area contributed by atoms with Gasteiger partial charge in [0.25, 0.3) is 5.56 Å². The largest absolute Gasteiger partial charge is 0.294 e. The first-order chi connectivity index (χ1) is 11.2. The molecular formula is C19H21N3O2. The molecule has 0 aliphatic carbocycles. The summed E-state index contributed by atoms with van der Waals surface area (Å²) in [7, 11) is 0. The lowest BCUT2D eigenvalue weighted by Gasteiger charge is -2.17. The van der Waals surface area contributed by atoms with Crippen molar-refractivity contribution in [2.45, 2.75) is 48.1 Å². The van der Waals surface area contributed by atoms with E-state index in [2.05, 4.69) is 5.10 Å². The van der Waals surface area contributed by atoms with Gasteiger partial charge in [-0.05, 0) is 69.4 Å². The van der Waals surface area contributed by atoms with Crippen LogP contribution in [0.1, 0.15) is 56.4 Å². The van der Waals surface area contributed by atoms with Gasteiger partial charge < -0.3 is 0 Å². The third-order valence-electron chi connectivity index (χ3n) is 4.54. The van der Waals surface area contributed by atoms with Crippen LogP contribution >= 0.6 is 0 Å². The van der Waals surface area contributed by atoms with E-state index in [1.54, 1.807) is 20.8 Å². The van der Waals surface area contributed by atoms with E-state index in [4.69, 9.17) is 0 Å². The van der Waals surface area contributed by atoms with E-state index >= 15 is 0 Å². The number of benzene rings is 1. The normalized spacial score (nSPS) is 10.5. The van der Waals surface area contributed by atoms with E-state index in [1.807, 2.05) is 32.9 Å². The number of aromatic nitrogens is 2. The minimum absolute atomic E-state index is 0.00403. The summed E-state index contributed by atoms with van der Waals surface area (Å²) >= 11 is 0. The Morgan fingerprint density at radius 1 is 1.17 bits per heavy atom. The topological polar surface area (TPSA) is 75.8 Å². The highest BCUT2D eigenvalue weighted by Crippen LogP contribution is 2.23. The van der Waals surface area contributed by atoms with Crippen molar-refractivity contribution in [2.24, 2.45) is 0 Å². The summed E-state index contributed by atoms with van der Waals surface area (Å²) in [5, 5.41) is 13.6. The number of hydrogen-bond acceptors (Lipinski definition) is 4. The van der Waals surface area contributed by atoms with Gasteiger partial charge in [-0.1, -0.05) is 6.07 Å². The Balaban J connectivity index is 2.69. The number of nitriles is 1. The number of nitrogens with zero attached hydrogens (tertiary/aromatic N) is 3. The summed E-state index contributed by atoms with van der Waals surface area (Å²) in [5.74, 6) is 0.00403. The summed E-state index contributed by atoms with van der Waals surface area (Å²) in [6, 6.07) is 3.93. The fourth-order valence-electron chi connectivity index (χ4n) is 3.17. The Labute approximate surface area is 141 Å². The van der Waals surface area contributed by atoms with Crippen LogP contribution in [0.15, 0.2) is 10.9 Å². The molecular weight excluding hydrogens is 302 g/mol. The summed E-state index contributed by atoms with van der Waals surface area (Å²) in [5.41, 5.74) is 5.37. The zero-order valence-electron chi connectivity index (χ0n) is 14.9. The van der Waals surface area contributed by atoms with Crippen molar-refractivity contribution in [3.05, 3.63) is 61.1 Å². The fraction of sp³-hybridized carbons (Fsp3) is 0.368. The molecule has 0 N–H and O–H groups in total. The van der Waals surface area contributed by atoms with Crippen LogP contribution in [-0.2, 0) is 6.54 Å². The monoisotopic (exact) mass is 323 g/mol. The van der Waals surface area contributed by atoms with Crippen LogP contribution in [0.2, 0.25) is 0 Å². The van der Waals surface area contributed by atoms with Crippen molar-refractivity contribution in [3.8, 4) is 6.07 Å². The molecule has 0 bridgehead atoms. The Kier molecular flexibility index (Phi) is 4.70. The standard InChI is InChI=1S/C19H21N3O2/c1-10-7-11(2)18(15(6)23)13(4)17(10)9-22-19(24)16(8-20)12(3)14(5)21-22/h7H,9H2,1-6H3. The lowest BCUT2D eigenvalue weighted by molar-refractivity contribution is 0.101. The molecule has 24 heavy (non-hydrogen) atoms. The maximum Gasteiger partial charge on any atom is 0.285 e. The highest BCUT2D eigenvalue weighted by Gasteiger charge is 2.17.